The molecule has 0 aromatic rings. The van der Waals surface area contributed by atoms with Gasteiger partial charge in [0.2, 0.25) is 0 Å². The molecule has 0 saturated heterocycles. The van der Waals surface area contributed by atoms with E-state index >= 15 is 0 Å². The molecule has 0 aliphatic heterocycles. The third kappa shape index (κ3) is 45.4. The molecule has 0 aromatic carbocycles. The van der Waals surface area contributed by atoms with E-state index in [2.05, 4.69) is 111 Å². The van der Waals surface area contributed by atoms with E-state index in [9.17, 15) is 19.5 Å². The second-order valence-corrected chi connectivity index (χ2v) is 18.4. The van der Waals surface area contributed by atoms with Gasteiger partial charge < -0.3 is 23.8 Å². The smallest absolute Gasteiger partial charge is 0.362 e. The standard InChI is InChI=1S/C58H97NO7/c1-6-8-10-12-14-16-18-20-22-24-26-28-30-32-34-36-38-40-42-44-46-48-56(60)65-53-54(52-64-51-50-55(58(62)63)59(3,4)5)66-57(61)49-47-45-43-41-39-37-35-33-31-29-27-25-23-21-19-17-15-13-11-9-7-2/h8-11,14-17,20-23,26-29,54-55H,6-7,12-13,18-19,24-25,30-53H2,1-5H3/p+1/b10-8-,11-9-,16-14-,17-15-,22-20-,23-21-,28-26-,29-27-. The molecule has 8 heteroatoms. The van der Waals surface area contributed by atoms with Gasteiger partial charge >= 0.3 is 17.9 Å². The summed E-state index contributed by atoms with van der Waals surface area (Å²) >= 11 is 0. The summed E-state index contributed by atoms with van der Waals surface area (Å²) in [6.07, 6.45) is 64.5. The lowest BCUT2D eigenvalue weighted by Crippen LogP contribution is -2.50. The summed E-state index contributed by atoms with van der Waals surface area (Å²) in [5, 5.41) is 9.66. The van der Waals surface area contributed by atoms with Crippen molar-refractivity contribution in [2.45, 2.75) is 212 Å². The number of esters is 2. The minimum atomic E-state index is -0.880. The molecule has 0 amide bonds. The molecule has 0 aliphatic rings. The molecule has 0 fully saturated rings. The van der Waals surface area contributed by atoms with E-state index in [0.29, 0.717) is 19.3 Å². The Kier molecular flexibility index (Phi) is 45.0. The van der Waals surface area contributed by atoms with Gasteiger partial charge in [0.05, 0.1) is 34.4 Å². The number of quaternary nitrogens is 1. The van der Waals surface area contributed by atoms with Crippen molar-refractivity contribution in [3.05, 3.63) is 97.2 Å². The zero-order chi connectivity index (χ0) is 48.4. The largest absolute Gasteiger partial charge is 0.477 e. The number of hydrogen-bond acceptors (Lipinski definition) is 6. The number of hydrogen-bond donors (Lipinski definition) is 1. The lowest BCUT2D eigenvalue weighted by Gasteiger charge is -2.31. The Bertz CT molecular complexity index is 1400. The van der Waals surface area contributed by atoms with Crippen LogP contribution in [0, 0.1) is 0 Å². The van der Waals surface area contributed by atoms with Crippen LogP contribution in [0.15, 0.2) is 97.2 Å². The minimum absolute atomic E-state index is 0.0498. The van der Waals surface area contributed by atoms with Crippen molar-refractivity contribution in [1.82, 2.24) is 0 Å². The average molecular weight is 921 g/mol. The first kappa shape index (κ1) is 62.2. The molecule has 0 heterocycles. The van der Waals surface area contributed by atoms with Gasteiger partial charge in [0.1, 0.15) is 6.61 Å². The number of rotatable bonds is 46. The van der Waals surface area contributed by atoms with Crippen molar-refractivity contribution >= 4 is 17.9 Å². The van der Waals surface area contributed by atoms with Crippen molar-refractivity contribution in [3.63, 3.8) is 0 Å². The highest BCUT2D eigenvalue weighted by molar-refractivity contribution is 5.72. The lowest BCUT2D eigenvalue weighted by atomic mass is 10.1. The van der Waals surface area contributed by atoms with E-state index in [1.807, 2.05) is 21.1 Å². The van der Waals surface area contributed by atoms with Crippen molar-refractivity contribution in [2.24, 2.45) is 0 Å². The first-order valence-electron chi connectivity index (χ1n) is 26.3. The molecule has 0 bridgehead atoms. The number of carbonyl (C=O) groups excluding carboxylic acids is 2. The Balaban J connectivity index is 4.28. The predicted molar refractivity (Wildman–Crippen MR) is 279 cm³/mol. The van der Waals surface area contributed by atoms with Crippen molar-refractivity contribution in [3.8, 4) is 0 Å². The molecule has 0 aliphatic carbocycles. The Morgan fingerprint density at radius 1 is 0.455 bits per heavy atom. The summed E-state index contributed by atoms with van der Waals surface area (Å²) < 4.78 is 17.4. The average Bonchev–Trinajstić information content (AvgIpc) is 3.28. The Morgan fingerprint density at radius 3 is 1.18 bits per heavy atom. The second kappa shape index (κ2) is 47.7. The van der Waals surface area contributed by atoms with Crippen LogP contribution in [0.1, 0.15) is 200 Å². The number of nitrogens with zero attached hydrogens (tertiary/aromatic N) is 1. The number of likely N-dealkylation sites (N-methyl/N-ethyl adjacent to an activating group) is 1. The van der Waals surface area contributed by atoms with Crippen LogP contribution in [-0.2, 0) is 28.6 Å². The van der Waals surface area contributed by atoms with E-state index in [1.165, 1.54) is 64.2 Å². The van der Waals surface area contributed by atoms with Gasteiger partial charge in [-0.1, -0.05) is 188 Å². The topological polar surface area (TPSA) is 99.1 Å². The van der Waals surface area contributed by atoms with E-state index < -0.39 is 18.1 Å². The normalized spacial score (nSPS) is 13.7. The number of carboxylic acids is 1. The Labute approximate surface area is 405 Å². The van der Waals surface area contributed by atoms with Gasteiger partial charge in [0, 0.05) is 19.3 Å². The lowest BCUT2D eigenvalue weighted by molar-refractivity contribution is -0.887. The van der Waals surface area contributed by atoms with Crippen molar-refractivity contribution in [2.75, 3.05) is 41.0 Å². The van der Waals surface area contributed by atoms with Crippen LogP contribution < -0.4 is 0 Å². The van der Waals surface area contributed by atoms with Crippen molar-refractivity contribution < 1.29 is 38.2 Å². The van der Waals surface area contributed by atoms with E-state index in [1.54, 1.807) is 0 Å². The van der Waals surface area contributed by atoms with Crippen LogP contribution >= 0.6 is 0 Å². The summed E-state index contributed by atoms with van der Waals surface area (Å²) in [6, 6.07) is -0.624. The van der Waals surface area contributed by atoms with Crippen LogP contribution in [0.4, 0.5) is 0 Å². The molecule has 0 aromatic heterocycles. The molecule has 8 nitrogen and oxygen atoms in total. The second-order valence-electron chi connectivity index (χ2n) is 18.4. The maximum absolute atomic E-state index is 12.8. The predicted octanol–water partition coefficient (Wildman–Crippen LogP) is 15.4. The number of allylic oxidation sites excluding steroid dienone is 16. The van der Waals surface area contributed by atoms with Gasteiger partial charge in [-0.3, -0.25) is 9.59 Å². The minimum Gasteiger partial charge on any atom is -0.477 e. The molecule has 2 unspecified atom stereocenters. The summed E-state index contributed by atoms with van der Waals surface area (Å²) in [5.74, 6) is -1.49. The molecule has 0 radical (unpaired) electrons. The van der Waals surface area contributed by atoms with Crippen LogP contribution in [0.3, 0.4) is 0 Å². The van der Waals surface area contributed by atoms with Crippen LogP contribution in [0.2, 0.25) is 0 Å². The zero-order valence-corrected chi connectivity index (χ0v) is 42.9. The summed E-state index contributed by atoms with van der Waals surface area (Å²) in [7, 11) is 5.52. The molecule has 0 rings (SSSR count). The molecule has 1 N–H and O–H groups in total. The van der Waals surface area contributed by atoms with Gasteiger partial charge in [-0.2, -0.15) is 0 Å². The highest BCUT2D eigenvalue weighted by Gasteiger charge is 2.31. The third-order valence-electron chi connectivity index (χ3n) is 11.2. The van der Waals surface area contributed by atoms with Gasteiger partial charge in [0.15, 0.2) is 12.1 Å². The van der Waals surface area contributed by atoms with Gasteiger partial charge in [-0.25, -0.2) is 4.79 Å². The number of carbonyl (C=O) groups is 3. The monoisotopic (exact) mass is 921 g/mol. The number of ether oxygens (including phenoxy) is 3. The molecule has 2 atom stereocenters. The molecule has 0 saturated carbocycles. The van der Waals surface area contributed by atoms with Gasteiger partial charge in [0.25, 0.3) is 0 Å². The van der Waals surface area contributed by atoms with E-state index in [4.69, 9.17) is 14.2 Å². The SMILES string of the molecule is CC/C=C\C/C=C\C/C=C\C/C=C\CCCCCCCCCCC(=O)OCC(COCCC(C(=O)O)[N+](C)(C)C)OC(=O)CCCCCCCCCC/C=C\C/C=C\C/C=C\C/C=C\CC. The first-order chi connectivity index (χ1) is 32.1. The van der Waals surface area contributed by atoms with Gasteiger partial charge in [-0.05, 0) is 89.9 Å². The summed E-state index contributed by atoms with van der Waals surface area (Å²) in [6.45, 7) is 4.50. The fraction of sp³-hybridized carbons (Fsp3) is 0.672. The Morgan fingerprint density at radius 2 is 0.803 bits per heavy atom. The maximum Gasteiger partial charge on any atom is 0.362 e. The van der Waals surface area contributed by atoms with Crippen LogP contribution in [0.5, 0.6) is 0 Å². The van der Waals surface area contributed by atoms with Crippen LogP contribution in [0.25, 0.3) is 0 Å². The fourth-order valence-corrected chi connectivity index (χ4v) is 7.25. The molecular weight excluding hydrogens is 823 g/mol. The highest BCUT2D eigenvalue weighted by atomic mass is 16.6. The van der Waals surface area contributed by atoms with E-state index in [-0.39, 0.29) is 36.2 Å². The summed E-state index contributed by atoms with van der Waals surface area (Å²) in [4.78, 5) is 37.2. The number of carboxylic acid groups (broad SMARTS) is 1. The van der Waals surface area contributed by atoms with Crippen molar-refractivity contribution in [1.29, 1.82) is 0 Å². The first-order valence-corrected chi connectivity index (χ1v) is 26.3. The third-order valence-corrected chi connectivity index (χ3v) is 11.2. The number of aliphatic carboxylic acids is 1. The maximum atomic E-state index is 12.8. The van der Waals surface area contributed by atoms with Crippen LogP contribution in [-0.4, -0.2) is 80.6 Å². The highest BCUT2D eigenvalue weighted by Crippen LogP contribution is 2.15. The molecule has 376 valence electrons. The van der Waals surface area contributed by atoms with E-state index in [0.717, 1.165) is 103 Å². The zero-order valence-electron chi connectivity index (χ0n) is 42.9. The van der Waals surface area contributed by atoms with Gasteiger partial charge in [-0.15, -0.1) is 0 Å². The fourth-order valence-electron chi connectivity index (χ4n) is 7.25. The summed E-state index contributed by atoms with van der Waals surface area (Å²) in [5.41, 5.74) is 0. The molecule has 66 heavy (non-hydrogen) atoms. The quantitative estimate of drug-likeness (QED) is 0.0281. The number of unbranched alkanes of at least 4 members (excludes halogenated alkanes) is 16. The molecule has 0 spiro atoms. The Hall–Kier alpha value is -3.75. The molecular formula is C58H98NO7+.